The number of methoxy groups -OCH3 is 1. The topological polar surface area (TPSA) is 76.7 Å². The molecule has 3 aromatic rings. The van der Waals surface area contributed by atoms with Crippen LogP contribution in [-0.4, -0.2) is 19.0 Å². The number of fused-ring (bicyclic) bond motifs is 3. The monoisotopic (exact) mass is 530 g/mol. The van der Waals surface area contributed by atoms with Crippen molar-refractivity contribution in [3.8, 4) is 11.5 Å². The number of amides is 1. The van der Waals surface area contributed by atoms with Gasteiger partial charge in [0, 0.05) is 11.0 Å². The molecular formula is C31H34N2O4S. The van der Waals surface area contributed by atoms with Gasteiger partial charge in [0.25, 0.3) is 5.91 Å². The van der Waals surface area contributed by atoms with Crippen molar-refractivity contribution in [2.24, 2.45) is 11.3 Å². The number of esters is 1. The summed E-state index contributed by atoms with van der Waals surface area (Å²) >= 11 is 1.73. The lowest BCUT2D eigenvalue weighted by Crippen LogP contribution is -2.38. The predicted molar refractivity (Wildman–Crippen MR) is 152 cm³/mol. The van der Waals surface area contributed by atoms with E-state index < -0.39 is 5.97 Å². The molecule has 1 aliphatic carbocycles. The van der Waals surface area contributed by atoms with Crippen LogP contribution in [0, 0.1) is 11.3 Å². The zero-order chi connectivity index (χ0) is 26.9. The highest BCUT2D eigenvalue weighted by Crippen LogP contribution is 2.47. The Morgan fingerprint density at radius 3 is 2.47 bits per heavy atom. The van der Waals surface area contributed by atoms with Crippen molar-refractivity contribution in [3.63, 3.8) is 0 Å². The van der Waals surface area contributed by atoms with Gasteiger partial charge in [0.1, 0.15) is 22.7 Å². The molecule has 198 valence electrons. The molecule has 7 heteroatoms. The molecule has 1 amide bonds. The average molecular weight is 531 g/mol. The Bertz CT molecular complexity index is 1360. The zero-order valence-corrected chi connectivity index (χ0v) is 23.1. The Morgan fingerprint density at radius 1 is 1.08 bits per heavy atom. The van der Waals surface area contributed by atoms with Crippen LogP contribution in [0.1, 0.15) is 71.7 Å². The van der Waals surface area contributed by atoms with Crippen molar-refractivity contribution in [1.82, 2.24) is 5.32 Å². The smallest absolute Gasteiger partial charge is 0.336 e. The molecule has 0 saturated carbocycles. The van der Waals surface area contributed by atoms with Gasteiger partial charge in [-0.05, 0) is 77.6 Å². The summed E-state index contributed by atoms with van der Waals surface area (Å²) in [4.78, 5) is 26.8. The van der Waals surface area contributed by atoms with Crippen LogP contribution in [0.5, 0.6) is 11.5 Å². The summed E-state index contributed by atoms with van der Waals surface area (Å²) in [6.07, 6.45) is 7.04. The first-order chi connectivity index (χ1) is 18.3. The first-order valence-corrected chi connectivity index (χ1v) is 13.9. The molecule has 38 heavy (non-hydrogen) atoms. The van der Waals surface area contributed by atoms with Crippen molar-refractivity contribution in [2.45, 2.75) is 52.6 Å². The van der Waals surface area contributed by atoms with Crippen LogP contribution in [0.15, 0.2) is 54.6 Å². The van der Waals surface area contributed by atoms with E-state index >= 15 is 0 Å². The van der Waals surface area contributed by atoms with E-state index in [4.69, 9.17) is 9.47 Å². The first-order valence-electron chi connectivity index (χ1n) is 13.1. The number of anilines is 1. The van der Waals surface area contributed by atoms with Crippen LogP contribution < -0.4 is 20.1 Å². The second-order valence-corrected chi connectivity index (χ2v) is 11.7. The number of carbonyl (C=O) groups excluding carboxylic acids is 2. The van der Waals surface area contributed by atoms with Crippen LogP contribution >= 0.6 is 11.3 Å². The normalized spacial score (nSPS) is 18.8. The molecule has 0 saturated heterocycles. The van der Waals surface area contributed by atoms with Gasteiger partial charge >= 0.3 is 5.97 Å². The lowest BCUT2D eigenvalue weighted by Gasteiger charge is -2.36. The minimum atomic E-state index is -0.462. The minimum absolute atomic E-state index is 0.0198. The second-order valence-electron chi connectivity index (χ2n) is 10.6. The predicted octanol–water partition coefficient (Wildman–Crippen LogP) is 6.77. The molecule has 2 aromatic carbocycles. The van der Waals surface area contributed by atoms with Crippen LogP contribution in [-0.2, 0) is 17.6 Å². The molecule has 0 bridgehead atoms. The van der Waals surface area contributed by atoms with Gasteiger partial charge in [0.05, 0.1) is 12.7 Å². The quantitative estimate of drug-likeness (QED) is 0.200. The third kappa shape index (κ3) is 5.34. The fourth-order valence-corrected chi connectivity index (χ4v) is 6.53. The molecule has 0 unspecified atom stereocenters. The van der Waals surface area contributed by atoms with E-state index in [-0.39, 0.29) is 12.1 Å². The van der Waals surface area contributed by atoms with Gasteiger partial charge in [0.2, 0.25) is 0 Å². The number of benzene rings is 2. The Morgan fingerprint density at radius 2 is 1.79 bits per heavy atom. The van der Waals surface area contributed by atoms with Gasteiger partial charge in [-0.15, -0.1) is 11.3 Å². The summed E-state index contributed by atoms with van der Waals surface area (Å²) in [7, 11) is 1.61. The fourth-order valence-electron chi connectivity index (χ4n) is 5.18. The fraction of sp³-hybridized carbons (Fsp3) is 0.355. The number of ether oxygens (including phenoxy) is 2. The lowest BCUT2D eigenvalue weighted by molar-refractivity contribution is -0.128. The highest BCUT2D eigenvalue weighted by molar-refractivity contribution is 7.16. The summed E-state index contributed by atoms with van der Waals surface area (Å²) in [6.45, 7) is 6.98. The second kappa shape index (κ2) is 10.7. The minimum Gasteiger partial charge on any atom is -0.497 e. The van der Waals surface area contributed by atoms with Crippen molar-refractivity contribution in [1.29, 1.82) is 0 Å². The highest BCUT2D eigenvalue weighted by atomic mass is 32.1. The molecule has 5 rings (SSSR count). The number of thiophene rings is 1. The van der Waals surface area contributed by atoms with Crippen molar-refractivity contribution in [3.05, 3.63) is 81.7 Å². The molecule has 0 spiro atoms. The van der Waals surface area contributed by atoms with Crippen LogP contribution in [0.4, 0.5) is 5.00 Å². The molecule has 2 atom stereocenters. The van der Waals surface area contributed by atoms with E-state index in [1.807, 2.05) is 36.4 Å². The van der Waals surface area contributed by atoms with E-state index in [1.165, 1.54) is 16.5 Å². The summed E-state index contributed by atoms with van der Waals surface area (Å²) in [5.74, 6) is 1.36. The molecule has 6 nitrogen and oxygen atoms in total. The SMILES string of the molecule is CCC(C)(C)[C@H]1CCc2c(sc3c2C(=O)N[C@@H](c2ccc(OC(=O)/C=C/c4ccc(OC)cc4)cc2)N3)C1. The summed E-state index contributed by atoms with van der Waals surface area (Å²) in [5.41, 5.74) is 4.12. The summed E-state index contributed by atoms with van der Waals surface area (Å²) in [6, 6.07) is 14.6. The van der Waals surface area contributed by atoms with Gasteiger partial charge < -0.3 is 20.1 Å². The summed E-state index contributed by atoms with van der Waals surface area (Å²) < 4.78 is 10.6. The van der Waals surface area contributed by atoms with E-state index in [2.05, 4.69) is 31.4 Å². The molecule has 1 aromatic heterocycles. The van der Waals surface area contributed by atoms with Gasteiger partial charge in [-0.2, -0.15) is 0 Å². The third-order valence-corrected chi connectivity index (χ3v) is 9.20. The molecule has 2 N–H and O–H groups in total. The third-order valence-electron chi connectivity index (χ3n) is 8.02. The molecule has 1 aliphatic heterocycles. The number of hydrogen-bond acceptors (Lipinski definition) is 6. The van der Waals surface area contributed by atoms with Gasteiger partial charge in [-0.25, -0.2) is 4.79 Å². The first kappa shape index (κ1) is 26.0. The number of nitrogens with one attached hydrogen (secondary N) is 2. The number of carbonyl (C=O) groups is 2. The maximum atomic E-state index is 13.1. The van der Waals surface area contributed by atoms with Crippen molar-refractivity contribution in [2.75, 3.05) is 12.4 Å². The molecule has 0 radical (unpaired) electrons. The zero-order valence-electron chi connectivity index (χ0n) is 22.3. The van der Waals surface area contributed by atoms with E-state index in [1.54, 1.807) is 36.7 Å². The lowest BCUT2D eigenvalue weighted by atomic mass is 9.69. The largest absolute Gasteiger partial charge is 0.497 e. The van der Waals surface area contributed by atoms with E-state index in [9.17, 15) is 9.59 Å². The Kier molecular flexibility index (Phi) is 7.30. The standard InChI is InChI=1S/C31H34N2O4S/c1-5-31(2,3)21-11-16-24-25(18-21)38-30-27(24)29(35)32-28(33-30)20-9-14-23(15-10-20)37-26(34)17-8-19-6-12-22(36-4)13-7-19/h6-10,12-15,17,21,28,33H,5,11,16,18H2,1-4H3,(H,32,35)/b17-8+/t21-,28+/m0/s1. The van der Waals surface area contributed by atoms with Crippen LogP contribution in [0.3, 0.4) is 0 Å². The van der Waals surface area contributed by atoms with Crippen molar-refractivity contribution < 1.29 is 19.1 Å². The molecule has 2 aliphatic rings. The Balaban J connectivity index is 1.23. The maximum absolute atomic E-state index is 13.1. The van der Waals surface area contributed by atoms with Gasteiger partial charge in [-0.3, -0.25) is 4.79 Å². The molecular weight excluding hydrogens is 496 g/mol. The number of hydrogen-bond donors (Lipinski definition) is 2. The maximum Gasteiger partial charge on any atom is 0.336 e. The Labute approximate surface area is 228 Å². The molecule has 0 fully saturated rings. The van der Waals surface area contributed by atoms with E-state index in [0.29, 0.717) is 17.1 Å². The van der Waals surface area contributed by atoms with Gasteiger partial charge in [-0.1, -0.05) is 51.5 Å². The van der Waals surface area contributed by atoms with Crippen LogP contribution in [0.25, 0.3) is 6.08 Å². The molecule has 2 heterocycles. The van der Waals surface area contributed by atoms with Crippen molar-refractivity contribution >= 4 is 34.3 Å². The Hall–Kier alpha value is -3.58. The summed E-state index contributed by atoms with van der Waals surface area (Å²) in [5, 5.41) is 7.60. The van der Waals surface area contributed by atoms with Crippen LogP contribution in [0.2, 0.25) is 0 Å². The highest BCUT2D eigenvalue weighted by Gasteiger charge is 2.37. The number of rotatable bonds is 7. The van der Waals surface area contributed by atoms with E-state index in [0.717, 1.165) is 53.1 Å². The van der Waals surface area contributed by atoms with Gasteiger partial charge in [0.15, 0.2) is 0 Å². The average Bonchev–Trinajstić information content (AvgIpc) is 3.31.